The molecule has 0 bridgehead atoms. The van der Waals surface area contributed by atoms with Crippen LogP contribution in [0.5, 0.6) is 5.75 Å². The molecule has 2 unspecified atom stereocenters. The summed E-state index contributed by atoms with van der Waals surface area (Å²) in [6.45, 7) is 2.83. The number of ether oxygens (including phenoxy) is 1. The number of hydrogen-bond donors (Lipinski definition) is 2. The highest BCUT2D eigenvalue weighted by Gasteiger charge is 2.38. The van der Waals surface area contributed by atoms with Crippen molar-refractivity contribution in [3.8, 4) is 5.75 Å². The zero-order valence-corrected chi connectivity index (χ0v) is 13.2. The first-order chi connectivity index (χ1) is 10.9. The van der Waals surface area contributed by atoms with Crippen molar-refractivity contribution in [1.29, 1.82) is 0 Å². The van der Waals surface area contributed by atoms with Gasteiger partial charge in [0.05, 0.1) is 18.4 Å². The predicted molar refractivity (Wildman–Crippen MR) is 83.9 cm³/mol. The van der Waals surface area contributed by atoms with Gasteiger partial charge in [-0.1, -0.05) is 0 Å². The number of rotatable bonds is 6. The first-order valence-corrected chi connectivity index (χ1v) is 7.42. The second-order valence-electron chi connectivity index (χ2n) is 5.88. The number of carbonyl (C=O) groups excluding carboxylic acids is 1. The molecule has 0 spiro atoms. The number of nitrogens with one attached hydrogen (secondary N) is 1. The Morgan fingerprint density at radius 1 is 1.61 bits per heavy atom. The van der Waals surface area contributed by atoms with Crippen LogP contribution in [-0.4, -0.2) is 49.9 Å². The Labute approximate surface area is 134 Å². The van der Waals surface area contributed by atoms with Crippen molar-refractivity contribution in [2.75, 3.05) is 31.6 Å². The molecule has 1 fully saturated rings. The fourth-order valence-electron chi connectivity index (χ4n) is 2.76. The zero-order chi connectivity index (χ0) is 17.0. The standard InChI is InChI=1S/C16H21FN2O4/c1-16(17)5-6-18-8-12(16)9-19(10-20)13-4-3-11(15(21)22)7-14(13)23-2/h3-4,7,10,12,18H,5-6,8-9H2,1-2H3,(H,21,22). The van der Waals surface area contributed by atoms with Crippen LogP contribution in [0.3, 0.4) is 0 Å². The summed E-state index contributed by atoms with van der Waals surface area (Å²) in [5, 5.41) is 12.2. The van der Waals surface area contributed by atoms with E-state index in [9.17, 15) is 14.0 Å². The maximum atomic E-state index is 14.6. The minimum absolute atomic E-state index is 0.0612. The van der Waals surface area contributed by atoms with Gasteiger partial charge in [0.25, 0.3) is 0 Å². The highest BCUT2D eigenvalue weighted by atomic mass is 19.1. The number of piperidine rings is 1. The van der Waals surface area contributed by atoms with Crippen LogP contribution < -0.4 is 15.0 Å². The van der Waals surface area contributed by atoms with Crippen LogP contribution >= 0.6 is 0 Å². The van der Waals surface area contributed by atoms with Crippen molar-refractivity contribution in [3.05, 3.63) is 23.8 Å². The first-order valence-electron chi connectivity index (χ1n) is 7.42. The summed E-state index contributed by atoms with van der Waals surface area (Å²) in [6, 6.07) is 4.24. The summed E-state index contributed by atoms with van der Waals surface area (Å²) >= 11 is 0. The summed E-state index contributed by atoms with van der Waals surface area (Å²) in [6.07, 6.45) is 1.00. The number of amides is 1. The number of alkyl halides is 1. The van der Waals surface area contributed by atoms with Gasteiger partial charge in [-0.2, -0.15) is 0 Å². The molecule has 0 radical (unpaired) electrons. The Morgan fingerprint density at radius 3 is 2.91 bits per heavy atom. The highest BCUT2D eigenvalue weighted by Crippen LogP contribution is 2.33. The fourth-order valence-corrected chi connectivity index (χ4v) is 2.76. The molecule has 1 aromatic carbocycles. The minimum Gasteiger partial charge on any atom is -0.495 e. The number of anilines is 1. The topological polar surface area (TPSA) is 78.9 Å². The third-order valence-electron chi connectivity index (χ3n) is 4.31. The van der Waals surface area contributed by atoms with E-state index in [0.717, 1.165) is 0 Å². The molecule has 1 aliphatic rings. The van der Waals surface area contributed by atoms with E-state index in [1.54, 1.807) is 6.92 Å². The summed E-state index contributed by atoms with van der Waals surface area (Å²) in [5.41, 5.74) is -0.874. The van der Waals surface area contributed by atoms with E-state index in [1.165, 1.54) is 30.2 Å². The number of carbonyl (C=O) groups is 2. The van der Waals surface area contributed by atoms with Crippen LogP contribution in [0.25, 0.3) is 0 Å². The lowest BCUT2D eigenvalue weighted by Gasteiger charge is -2.37. The van der Waals surface area contributed by atoms with Crippen molar-refractivity contribution >= 4 is 18.1 Å². The van der Waals surface area contributed by atoms with E-state index in [0.29, 0.717) is 31.6 Å². The van der Waals surface area contributed by atoms with E-state index >= 15 is 0 Å². The number of hydrogen-bond acceptors (Lipinski definition) is 4. The van der Waals surface area contributed by atoms with Crippen LogP contribution in [0.1, 0.15) is 23.7 Å². The lowest BCUT2D eigenvalue weighted by molar-refractivity contribution is -0.107. The predicted octanol–water partition coefficient (Wildman–Crippen LogP) is 1.69. The van der Waals surface area contributed by atoms with Crippen molar-refractivity contribution in [1.82, 2.24) is 5.32 Å². The lowest BCUT2D eigenvalue weighted by Crippen LogP contribution is -2.50. The van der Waals surface area contributed by atoms with Gasteiger partial charge in [0.2, 0.25) is 6.41 Å². The molecule has 0 aromatic heterocycles. The minimum atomic E-state index is -1.36. The van der Waals surface area contributed by atoms with Gasteiger partial charge in [0, 0.05) is 19.0 Å². The number of halogens is 1. The summed E-state index contributed by atoms with van der Waals surface area (Å²) in [5.74, 6) is -1.17. The van der Waals surface area contributed by atoms with Gasteiger partial charge in [-0.15, -0.1) is 0 Å². The maximum Gasteiger partial charge on any atom is 0.335 e. The number of benzene rings is 1. The molecule has 0 aliphatic carbocycles. The zero-order valence-electron chi connectivity index (χ0n) is 13.2. The van der Waals surface area contributed by atoms with Crippen molar-refractivity contribution in [3.63, 3.8) is 0 Å². The smallest absolute Gasteiger partial charge is 0.335 e. The number of nitrogens with zero attached hydrogens (tertiary/aromatic N) is 1. The maximum absolute atomic E-state index is 14.6. The second kappa shape index (κ2) is 6.95. The molecule has 1 heterocycles. The number of aromatic carboxylic acids is 1. The molecule has 7 heteroatoms. The molecular weight excluding hydrogens is 303 g/mol. The number of carboxylic acids is 1. The SMILES string of the molecule is COc1cc(C(=O)O)ccc1N(C=O)CC1CNCCC1(C)F. The van der Waals surface area contributed by atoms with Crippen molar-refractivity contribution in [2.24, 2.45) is 5.92 Å². The number of carboxylic acid groups (broad SMARTS) is 1. The van der Waals surface area contributed by atoms with Crippen LogP contribution in [0, 0.1) is 5.92 Å². The van der Waals surface area contributed by atoms with Crippen molar-refractivity contribution in [2.45, 2.75) is 19.0 Å². The van der Waals surface area contributed by atoms with E-state index in [4.69, 9.17) is 9.84 Å². The molecule has 0 saturated carbocycles. The van der Waals surface area contributed by atoms with Crippen LogP contribution in [0.2, 0.25) is 0 Å². The van der Waals surface area contributed by atoms with Crippen LogP contribution in [-0.2, 0) is 4.79 Å². The lowest BCUT2D eigenvalue weighted by atomic mass is 9.84. The third kappa shape index (κ3) is 3.79. The Hall–Kier alpha value is -2.15. The molecule has 2 rings (SSSR count). The molecule has 1 aromatic rings. The Morgan fingerprint density at radius 2 is 2.35 bits per heavy atom. The van der Waals surface area contributed by atoms with Gasteiger partial charge in [0.15, 0.2) is 0 Å². The summed E-state index contributed by atoms with van der Waals surface area (Å²) in [4.78, 5) is 23.9. The van der Waals surface area contributed by atoms with Gasteiger partial charge in [-0.25, -0.2) is 9.18 Å². The average molecular weight is 324 g/mol. The van der Waals surface area contributed by atoms with Gasteiger partial charge >= 0.3 is 5.97 Å². The molecule has 23 heavy (non-hydrogen) atoms. The quantitative estimate of drug-likeness (QED) is 0.779. The molecule has 2 atom stereocenters. The van der Waals surface area contributed by atoms with E-state index < -0.39 is 11.6 Å². The molecule has 1 amide bonds. The molecule has 1 saturated heterocycles. The second-order valence-corrected chi connectivity index (χ2v) is 5.88. The monoisotopic (exact) mass is 324 g/mol. The summed E-state index contributed by atoms with van der Waals surface area (Å²) in [7, 11) is 1.40. The fraction of sp³-hybridized carbons (Fsp3) is 0.500. The van der Waals surface area contributed by atoms with E-state index in [2.05, 4.69) is 5.32 Å². The Kier molecular flexibility index (Phi) is 5.20. The average Bonchev–Trinajstić information content (AvgIpc) is 2.53. The molecular formula is C16H21FN2O4. The van der Waals surface area contributed by atoms with Gasteiger partial charge in [-0.3, -0.25) is 4.79 Å². The van der Waals surface area contributed by atoms with Gasteiger partial charge in [0.1, 0.15) is 11.4 Å². The highest BCUT2D eigenvalue weighted by molar-refractivity contribution is 5.90. The Balaban J connectivity index is 2.26. The Bertz CT molecular complexity index is 591. The number of methoxy groups -OCH3 is 1. The third-order valence-corrected chi connectivity index (χ3v) is 4.31. The molecule has 2 N–H and O–H groups in total. The van der Waals surface area contributed by atoms with Crippen LogP contribution in [0.15, 0.2) is 18.2 Å². The van der Waals surface area contributed by atoms with Gasteiger partial charge in [-0.05, 0) is 38.1 Å². The normalized spacial score (nSPS) is 24.0. The van der Waals surface area contributed by atoms with Crippen LogP contribution in [0.4, 0.5) is 10.1 Å². The molecule has 126 valence electrons. The molecule has 6 nitrogen and oxygen atoms in total. The molecule has 1 aliphatic heterocycles. The first kappa shape index (κ1) is 17.2. The van der Waals surface area contributed by atoms with E-state index in [-0.39, 0.29) is 23.8 Å². The van der Waals surface area contributed by atoms with E-state index in [1.807, 2.05) is 0 Å². The van der Waals surface area contributed by atoms with Crippen molar-refractivity contribution < 1.29 is 23.8 Å². The largest absolute Gasteiger partial charge is 0.495 e. The summed E-state index contributed by atoms with van der Waals surface area (Å²) < 4.78 is 19.8. The van der Waals surface area contributed by atoms with Gasteiger partial charge < -0.3 is 20.1 Å².